The van der Waals surface area contributed by atoms with Gasteiger partial charge in [0.2, 0.25) is 0 Å². The molecule has 0 saturated carbocycles. The number of morpholine rings is 1. The Morgan fingerprint density at radius 1 is 1.42 bits per heavy atom. The molecule has 1 aromatic carbocycles. The normalized spacial score (nSPS) is 14.7. The first-order valence-corrected chi connectivity index (χ1v) is 6.30. The Labute approximate surface area is 113 Å². The second kappa shape index (κ2) is 6.37. The summed E-state index contributed by atoms with van der Waals surface area (Å²) in [5.41, 5.74) is 2.46. The summed E-state index contributed by atoms with van der Waals surface area (Å²) in [4.78, 5) is 14.1. The minimum Gasteiger partial charge on any atom is -0.384 e. The van der Waals surface area contributed by atoms with Gasteiger partial charge in [-0.25, -0.2) is 0 Å². The van der Waals surface area contributed by atoms with E-state index in [1.807, 2.05) is 19.1 Å². The van der Waals surface area contributed by atoms with Crippen molar-refractivity contribution < 1.29 is 14.6 Å². The summed E-state index contributed by atoms with van der Waals surface area (Å²) in [5, 5.41) is 8.69. The average molecular weight is 259 g/mol. The molecular formula is C15H17NO3. The SMILES string of the molecule is Cc1cc(C(=O)N2CCOCC2)ccc1C#CCO. The quantitative estimate of drug-likeness (QED) is 0.759. The molecule has 1 fully saturated rings. The van der Waals surface area contributed by atoms with Crippen LogP contribution in [0.25, 0.3) is 0 Å². The second-order valence-electron chi connectivity index (χ2n) is 4.39. The molecule has 1 aliphatic heterocycles. The standard InChI is InChI=1S/C15H17NO3/c1-12-11-14(5-4-13(12)3-2-8-17)15(18)16-6-9-19-10-7-16/h4-5,11,17H,6-10H2,1H3. The van der Waals surface area contributed by atoms with Gasteiger partial charge < -0.3 is 14.7 Å². The van der Waals surface area contributed by atoms with E-state index in [-0.39, 0.29) is 12.5 Å². The zero-order chi connectivity index (χ0) is 13.7. The lowest BCUT2D eigenvalue weighted by Gasteiger charge is -2.27. The Balaban J connectivity index is 2.16. The Morgan fingerprint density at radius 2 is 2.16 bits per heavy atom. The lowest BCUT2D eigenvalue weighted by Crippen LogP contribution is -2.40. The lowest BCUT2D eigenvalue weighted by atomic mass is 10.0. The number of hydrogen-bond donors (Lipinski definition) is 1. The Hall–Kier alpha value is -1.83. The van der Waals surface area contributed by atoms with Gasteiger partial charge in [-0.15, -0.1) is 0 Å². The first-order chi connectivity index (χ1) is 9.22. The Morgan fingerprint density at radius 3 is 2.79 bits per heavy atom. The average Bonchev–Trinajstić information content (AvgIpc) is 2.46. The van der Waals surface area contributed by atoms with Gasteiger partial charge in [0.25, 0.3) is 5.91 Å². The predicted octanol–water partition coefficient (Wildman–Crippen LogP) is 0.811. The van der Waals surface area contributed by atoms with Crippen LogP contribution in [0.3, 0.4) is 0 Å². The molecule has 0 bridgehead atoms. The molecule has 1 heterocycles. The van der Waals surface area contributed by atoms with Gasteiger partial charge in [0, 0.05) is 24.2 Å². The first-order valence-electron chi connectivity index (χ1n) is 6.30. The number of hydrogen-bond acceptors (Lipinski definition) is 3. The van der Waals surface area contributed by atoms with Crippen LogP contribution in [0, 0.1) is 18.8 Å². The van der Waals surface area contributed by atoms with E-state index in [2.05, 4.69) is 11.8 Å². The van der Waals surface area contributed by atoms with Gasteiger partial charge in [-0.05, 0) is 30.7 Å². The maximum atomic E-state index is 12.3. The number of nitrogens with zero attached hydrogens (tertiary/aromatic N) is 1. The van der Waals surface area contributed by atoms with Crippen LogP contribution < -0.4 is 0 Å². The number of carbonyl (C=O) groups is 1. The molecule has 4 nitrogen and oxygen atoms in total. The smallest absolute Gasteiger partial charge is 0.254 e. The highest BCUT2D eigenvalue weighted by atomic mass is 16.5. The molecular weight excluding hydrogens is 242 g/mol. The molecule has 0 aromatic heterocycles. The molecule has 0 spiro atoms. The summed E-state index contributed by atoms with van der Waals surface area (Å²) in [6.45, 7) is 4.24. The van der Waals surface area contributed by atoms with Gasteiger partial charge >= 0.3 is 0 Å². The number of amides is 1. The molecule has 0 aliphatic carbocycles. The summed E-state index contributed by atoms with van der Waals surface area (Å²) >= 11 is 0. The zero-order valence-corrected chi connectivity index (χ0v) is 11.0. The number of aliphatic hydroxyl groups is 1. The van der Waals surface area contributed by atoms with Crippen LogP contribution in [0.5, 0.6) is 0 Å². The number of aliphatic hydroxyl groups excluding tert-OH is 1. The van der Waals surface area contributed by atoms with Gasteiger partial charge in [-0.2, -0.15) is 0 Å². The van der Waals surface area contributed by atoms with E-state index in [9.17, 15) is 4.79 Å². The van der Waals surface area contributed by atoms with Crippen molar-refractivity contribution in [3.63, 3.8) is 0 Å². The highest BCUT2D eigenvalue weighted by Crippen LogP contribution is 2.13. The van der Waals surface area contributed by atoms with Crippen molar-refractivity contribution in [2.24, 2.45) is 0 Å². The molecule has 0 unspecified atom stereocenters. The summed E-state index contributed by atoms with van der Waals surface area (Å²) in [6.07, 6.45) is 0. The zero-order valence-electron chi connectivity index (χ0n) is 11.0. The fraction of sp³-hybridized carbons (Fsp3) is 0.400. The van der Waals surface area contributed by atoms with Crippen LogP contribution in [0.1, 0.15) is 21.5 Å². The van der Waals surface area contributed by atoms with Gasteiger partial charge in [-0.3, -0.25) is 4.79 Å². The van der Waals surface area contributed by atoms with Crippen molar-refractivity contribution in [1.29, 1.82) is 0 Å². The van der Waals surface area contributed by atoms with Crippen LogP contribution in [0.4, 0.5) is 0 Å². The Bertz CT molecular complexity index is 522. The van der Waals surface area contributed by atoms with Crippen molar-refractivity contribution in [2.45, 2.75) is 6.92 Å². The second-order valence-corrected chi connectivity index (χ2v) is 4.39. The van der Waals surface area contributed by atoms with Crippen molar-refractivity contribution >= 4 is 5.91 Å². The number of rotatable bonds is 1. The molecule has 0 radical (unpaired) electrons. The fourth-order valence-electron chi connectivity index (χ4n) is 2.02. The lowest BCUT2D eigenvalue weighted by molar-refractivity contribution is 0.0303. The topological polar surface area (TPSA) is 49.8 Å². The third kappa shape index (κ3) is 3.34. The molecule has 2 rings (SSSR count). The minimum atomic E-state index is -0.159. The summed E-state index contributed by atoms with van der Waals surface area (Å²) in [5.74, 6) is 5.51. The minimum absolute atomic E-state index is 0.0352. The first kappa shape index (κ1) is 13.6. The van der Waals surface area contributed by atoms with E-state index in [4.69, 9.17) is 9.84 Å². The highest BCUT2D eigenvalue weighted by Gasteiger charge is 2.18. The van der Waals surface area contributed by atoms with Gasteiger partial charge in [0.1, 0.15) is 6.61 Å². The van der Waals surface area contributed by atoms with E-state index < -0.39 is 0 Å². The largest absolute Gasteiger partial charge is 0.384 e. The maximum absolute atomic E-state index is 12.3. The summed E-state index contributed by atoms with van der Waals surface area (Å²) < 4.78 is 5.24. The van der Waals surface area contributed by atoms with Crippen LogP contribution in [-0.2, 0) is 4.74 Å². The van der Waals surface area contributed by atoms with E-state index in [0.717, 1.165) is 11.1 Å². The van der Waals surface area contributed by atoms with Crippen LogP contribution >= 0.6 is 0 Å². The summed E-state index contributed by atoms with van der Waals surface area (Å²) in [6, 6.07) is 5.46. The number of ether oxygens (including phenoxy) is 1. The Kier molecular flexibility index (Phi) is 4.56. The van der Waals surface area contributed by atoms with Crippen LogP contribution in [-0.4, -0.2) is 48.8 Å². The molecule has 1 aliphatic rings. The monoisotopic (exact) mass is 259 g/mol. The van der Waals surface area contributed by atoms with Crippen molar-refractivity contribution in [3.8, 4) is 11.8 Å². The molecule has 0 atom stereocenters. The number of aryl methyl sites for hydroxylation is 1. The van der Waals surface area contributed by atoms with Gasteiger partial charge in [0.05, 0.1) is 13.2 Å². The molecule has 4 heteroatoms. The molecule has 1 N–H and O–H groups in total. The fourth-order valence-corrected chi connectivity index (χ4v) is 2.02. The van der Waals surface area contributed by atoms with Crippen molar-refractivity contribution in [1.82, 2.24) is 4.90 Å². The maximum Gasteiger partial charge on any atom is 0.254 e. The molecule has 1 saturated heterocycles. The number of benzene rings is 1. The molecule has 1 amide bonds. The van der Waals surface area contributed by atoms with Gasteiger partial charge in [-0.1, -0.05) is 11.8 Å². The van der Waals surface area contributed by atoms with Crippen LogP contribution in [0.2, 0.25) is 0 Å². The van der Waals surface area contributed by atoms with E-state index in [1.165, 1.54) is 0 Å². The van der Waals surface area contributed by atoms with E-state index in [0.29, 0.717) is 31.9 Å². The number of carbonyl (C=O) groups excluding carboxylic acids is 1. The molecule has 100 valence electrons. The van der Waals surface area contributed by atoms with Crippen LogP contribution in [0.15, 0.2) is 18.2 Å². The van der Waals surface area contributed by atoms with Crippen molar-refractivity contribution in [2.75, 3.05) is 32.9 Å². The third-order valence-electron chi connectivity index (χ3n) is 3.07. The third-order valence-corrected chi connectivity index (χ3v) is 3.07. The predicted molar refractivity (Wildman–Crippen MR) is 71.9 cm³/mol. The van der Waals surface area contributed by atoms with Crippen molar-refractivity contribution in [3.05, 3.63) is 34.9 Å². The molecule has 1 aromatic rings. The summed E-state index contributed by atoms with van der Waals surface area (Å²) in [7, 11) is 0. The van der Waals surface area contributed by atoms with E-state index >= 15 is 0 Å². The van der Waals surface area contributed by atoms with E-state index in [1.54, 1.807) is 11.0 Å². The molecule has 19 heavy (non-hydrogen) atoms. The van der Waals surface area contributed by atoms with Gasteiger partial charge in [0.15, 0.2) is 0 Å². The highest BCUT2D eigenvalue weighted by molar-refractivity contribution is 5.94.